The summed E-state index contributed by atoms with van der Waals surface area (Å²) in [6, 6.07) is 12.2. The van der Waals surface area contributed by atoms with Crippen molar-refractivity contribution in [3.05, 3.63) is 117 Å². The zero-order chi connectivity index (χ0) is 50.6. The number of aliphatic hydroxyl groups is 1. The minimum atomic E-state index is -1.55. The van der Waals surface area contributed by atoms with Crippen LogP contribution in [-0.4, -0.2) is 114 Å². The van der Waals surface area contributed by atoms with E-state index >= 15 is 8.78 Å². The first-order chi connectivity index (χ1) is 35.3. The number of piperazine rings is 1. The Morgan fingerprint density at radius 1 is 0.986 bits per heavy atom. The first-order valence-corrected chi connectivity index (χ1v) is 24.4. The van der Waals surface area contributed by atoms with Gasteiger partial charge in [0.2, 0.25) is 0 Å². The third-order valence-corrected chi connectivity index (χ3v) is 15.3. The van der Waals surface area contributed by atoms with Gasteiger partial charge in [0.25, 0.3) is 11.5 Å². The van der Waals surface area contributed by atoms with Gasteiger partial charge in [0.15, 0.2) is 11.9 Å². The van der Waals surface area contributed by atoms with E-state index in [2.05, 4.69) is 27.4 Å². The highest BCUT2D eigenvalue weighted by Gasteiger charge is 2.44. The van der Waals surface area contributed by atoms with Crippen LogP contribution in [0.5, 0.6) is 17.5 Å². The van der Waals surface area contributed by atoms with Gasteiger partial charge in [-0.3, -0.25) is 14.6 Å². The molecule has 12 rings (SSSR count). The maximum absolute atomic E-state index is 17.2. The zero-order valence-corrected chi connectivity index (χ0v) is 40.0. The Morgan fingerprint density at radius 2 is 1.79 bits per heavy atom. The van der Waals surface area contributed by atoms with Crippen LogP contribution in [-0.2, 0) is 33.9 Å². The number of hydrogen-bond acceptors (Lipinski definition) is 14. The van der Waals surface area contributed by atoms with Gasteiger partial charge in [-0.1, -0.05) is 25.5 Å². The van der Waals surface area contributed by atoms with Crippen LogP contribution in [0, 0.1) is 24.0 Å². The number of aromatic nitrogens is 5. The number of phenolic OH excluding ortho intramolecular Hbond substituents is 1. The van der Waals surface area contributed by atoms with Crippen molar-refractivity contribution in [2.45, 2.75) is 76.4 Å². The molecule has 4 unspecified atom stereocenters. The summed E-state index contributed by atoms with van der Waals surface area (Å²) in [6.45, 7) is 8.11. The molecule has 2 N–H and O–H groups in total. The quantitative estimate of drug-likeness (QED) is 0.0861. The highest BCUT2D eigenvalue weighted by atomic mass is 19.1. The predicted molar refractivity (Wildman–Crippen MR) is 266 cm³/mol. The number of hydrogen-bond donors (Lipinski definition) is 2. The standard InChI is InChI=1S/C55H48F2N8O8/c1-5-34-36-18-33(12-14-43(36)59-47-40(34)23-64-44(47)19-37-41(53(64)69)26-72-54(70)50(37)67)71-24-27(3)52(68)65-29-10-11-30(65)22-63(21-29)51-39-20-58-48(38-17-32(66)16-28-9-13-42(56)35(6-2)45(28)38)46(57)49(39)60-55(61-51)73-25-31-8-7-15-62(31)4/h2,9,12-14,16-20,29-31,50,66-67H,3,5,7-8,10-11,15,21-26H2,1,4H3. The Bertz CT molecular complexity index is 3660. The van der Waals surface area contributed by atoms with Crippen molar-refractivity contribution in [1.29, 1.82) is 0 Å². The molecule has 2 bridgehead atoms. The molecule has 3 aromatic carbocycles. The Hall–Kier alpha value is -8.01. The van der Waals surface area contributed by atoms with Gasteiger partial charge >= 0.3 is 12.0 Å². The first kappa shape index (κ1) is 46.1. The normalized spacial score (nSPS) is 20.0. The van der Waals surface area contributed by atoms with E-state index in [1.807, 2.05) is 35.9 Å². The van der Waals surface area contributed by atoms with Crippen LogP contribution in [0.15, 0.2) is 71.7 Å². The van der Waals surface area contributed by atoms with Crippen LogP contribution < -0.4 is 19.9 Å². The monoisotopic (exact) mass is 986 g/mol. The van der Waals surface area contributed by atoms with E-state index in [1.165, 1.54) is 30.5 Å². The predicted octanol–water partition coefficient (Wildman–Crippen LogP) is 6.49. The molecule has 0 spiro atoms. The second-order valence-electron chi connectivity index (χ2n) is 19.5. The number of amides is 1. The van der Waals surface area contributed by atoms with Gasteiger partial charge in [0.05, 0.1) is 52.0 Å². The van der Waals surface area contributed by atoms with Gasteiger partial charge in [-0.2, -0.15) is 9.97 Å². The minimum Gasteiger partial charge on any atom is -0.508 e. The van der Waals surface area contributed by atoms with E-state index in [4.69, 9.17) is 30.6 Å². The van der Waals surface area contributed by atoms with Crippen molar-refractivity contribution in [2.24, 2.45) is 0 Å². The topological polar surface area (TPSA) is 186 Å². The molecule has 7 aromatic rings. The van der Waals surface area contributed by atoms with Crippen LogP contribution in [0.25, 0.3) is 55.2 Å². The second kappa shape index (κ2) is 17.6. The minimum absolute atomic E-state index is 0.0276. The summed E-state index contributed by atoms with van der Waals surface area (Å²) in [5, 5.41) is 23.1. The smallest absolute Gasteiger partial charge is 0.340 e. The molecule has 1 amide bonds. The molecule has 0 saturated carbocycles. The van der Waals surface area contributed by atoms with Crippen LogP contribution in [0.3, 0.4) is 0 Å². The van der Waals surface area contributed by atoms with Gasteiger partial charge < -0.3 is 43.7 Å². The molecule has 5 aliphatic rings. The molecular weight excluding hydrogens is 939 g/mol. The number of benzene rings is 3. The Balaban J connectivity index is 0.801. The SMILES string of the molecule is C#Cc1c(F)ccc2cc(O)cc(-c3ncc4c(N5CC6CCC(C5)N6C(=O)C(=C)COc5ccc6nc7c(c(CC)c6c5)Cn5c-7cc6c(c5=O)COC(=O)C6O)nc(OCC5CCCN5C)nc4c3F)c12. The average molecular weight is 987 g/mol. The number of fused-ring (bicyclic) bond motifs is 9. The molecular formula is C55H48F2N8O8. The fourth-order valence-corrected chi connectivity index (χ4v) is 11.6. The number of cyclic esters (lactones) is 1. The second-order valence-corrected chi connectivity index (χ2v) is 19.5. The lowest BCUT2D eigenvalue weighted by molar-refractivity contribution is -0.157. The fourth-order valence-electron chi connectivity index (χ4n) is 11.6. The molecule has 3 saturated heterocycles. The van der Waals surface area contributed by atoms with E-state index in [0.29, 0.717) is 71.6 Å². The number of carbonyl (C=O) groups is 2. The van der Waals surface area contributed by atoms with Crippen molar-refractivity contribution in [3.8, 4) is 52.5 Å². The zero-order valence-electron chi connectivity index (χ0n) is 40.0. The van der Waals surface area contributed by atoms with E-state index in [1.54, 1.807) is 16.7 Å². The Morgan fingerprint density at radius 3 is 2.55 bits per heavy atom. The molecule has 0 radical (unpaired) electrons. The number of ether oxygens (including phenoxy) is 3. The molecule has 5 aliphatic heterocycles. The van der Waals surface area contributed by atoms with Crippen molar-refractivity contribution < 1.29 is 42.8 Å². The Kier molecular flexibility index (Phi) is 11.1. The molecule has 18 heteroatoms. The molecule has 0 aliphatic carbocycles. The number of pyridine rings is 3. The van der Waals surface area contributed by atoms with E-state index in [-0.39, 0.29) is 112 Å². The number of aliphatic hydroxyl groups excluding tert-OH is 1. The number of phenols is 1. The molecule has 16 nitrogen and oxygen atoms in total. The number of aryl methyl sites for hydroxylation is 1. The lowest BCUT2D eigenvalue weighted by atomic mass is 9.96. The van der Waals surface area contributed by atoms with E-state index in [9.17, 15) is 24.6 Å². The molecule has 370 valence electrons. The molecule has 3 fully saturated rings. The lowest BCUT2D eigenvalue weighted by Gasteiger charge is -2.42. The number of esters is 1. The molecule has 4 atom stereocenters. The molecule has 73 heavy (non-hydrogen) atoms. The summed E-state index contributed by atoms with van der Waals surface area (Å²) in [7, 11) is 2.03. The molecule has 9 heterocycles. The highest BCUT2D eigenvalue weighted by molar-refractivity contribution is 6.03. The third-order valence-electron chi connectivity index (χ3n) is 15.3. The summed E-state index contributed by atoms with van der Waals surface area (Å²) in [6.07, 6.45) is 9.67. The van der Waals surface area contributed by atoms with Crippen LogP contribution in [0.2, 0.25) is 0 Å². The number of aromatic hydroxyl groups is 1. The average Bonchev–Trinajstić information content (AvgIpc) is 4.06. The van der Waals surface area contributed by atoms with Crippen LogP contribution >= 0.6 is 0 Å². The number of halogens is 2. The summed E-state index contributed by atoms with van der Waals surface area (Å²) in [4.78, 5) is 65.1. The van der Waals surface area contributed by atoms with E-state index in [0.717, 1.165) is 35.9 Å². The van der Waals surface area contributed by atoms with Gasteiger partial charge in [-0.25, -0.2) is 18.6 Å². The summed E-state index contributed by atoms with van der Waals surface area (Å²) >= 11 is 0. The third kappa shape index (κ3) is 7.51. The lowest BCUT2D eigenvalue weighted by Crippen LogP contribution is -2.56. The maximum atomic E-state index is 17.2. The number of anilines is 1. The van der Waals surface area contributed by atoms with Gasteiger partial charge in [-0.15, -0.1) is 6.42 Å². The number of nitrogens with zero attached hydrogens (tertiary/aromatic N) is 8. The van der Waals surface area contributed by atoms with Crippen LogP contribution in [0.4, 0.5) is 14.6 Å². The largest absolute Gasteiger partial charge is 0.508 e. The molecule has 4 aromatic heterocycles. The highest BCUT2D eigenvalue weighted by Crippen LogP contribution is 2.42. The summed E-state index contributed by atoms with van der Waals surface area (Å²) in [5.74, 6) is 0.561. The van der Waals surface area contributed by atoms with Gasteiger partial charge in [-0.05, 0) is 99.1 Å². The number of carbonyl (C=O) groups excluding carboxylic acids is 2. The van der Waals surface area contributed by atoms with Crippen molar-refractivity contribution >= 4 is 50.3 Å². The van der Waals surface area contributed by atoms with Gasteiger partial charge in [0, 0.05) is 58.4 Å². The fraction of sp³-hybridized carbons (Fsp3) is 0.327. The van der Waals surface area contributed by atoms with E-state index < -0.39 is 23.7 Å². The number of likely N-dealkylation sites (tertiary alicyclic amines) is 1. The van der Waals surface area contributed by atoms with Gasteiger partial charge in [0.1, 0.15) is 54.2 Å². The summed E-state index contributed by atoms with van der Waals surface area (Å²) < 4.78 is 51.5. The number of likely N-dealkylation sites (N-methyl/N-ethyl adjacent to an activating group) is 1. The first-order valence-electron chi connectivity index (χ1n) is 24.4. The van der Waals surface area contributed by atoms with Crippen molar-refractivity contribution in [3.63, 3.8) is 0 Å². The number of rotatable bonds is 10. The van der Waals surface area contributed by atoms with Crippen LogP contribution in [0.1, 0.15) is 66.5 Å². The van der Waals surface area contributed by atoms with Crippen molar-refractivity contribution in [2.75, 3.05) is 44.8 Å². The summed E-state index contributed by atoms with van der Waals surface area (Å²) in [5.41, 5.74) is 3.81. The maximum Gasteiger partial charge on any atom is 0.340 e. The number of terminal acetylenes is 1. The Labute approximate surface area is 416 Å². The van der Waals surface area contributed by atoms with Crippen molar-refractivity contribution in [1.82, 2.24) is 34.3 Å².